The zero-order chi connectivity index (χ0) is 23.1. The Bertz CT molecular complexity index is 973. The van der Waals surface area contributed by atoms with E-state index in [9.17, 15) is 13.2 Å². The highest BCUT2D eigenvalue weighted by Gasteiger charge is 2.27. The first-order valence-corrected chi connectivity index (χ1v) is 13.0. The lowest BCUT2D eigenvalue weighted by molar-refractivity contribution is -0.127. The molecule has 1 N–H and O–H groups in total. The Hall–Kier alpha value is -2.22. The summed E-state index contributed by atoms with van der Waals surface area (Å²) in [6.45, 7) is 9.12. The van der Waals surface area contributed by atoms with Gasteiger partial charge in [-0.3, -0.25) is 9.69 Å². The van der Waals surface area contributed by atoms with Crippen LogP contribution in [0.15, 0.2) is 59.5 Å². The van der Waals surface area contributed by atoms with E-state index >= 15 is 0 Å². The molecule has 1 amide bonds. The number of likely N-dealkylation sites (tertiary alicyclic amines) is 1. The number of carbonyl (C=O) groups is 1. The van der Waals surface area contributed by atoms with Gasteiger partial charge >= 0.3 is 0 Å². The van der Waals surface area contributed by atoms with Crippen molar-refractivity contribution in [3.63, 3.8) is 0 Å². The lowest BCUT2D eigenvalue weighted by Gasteiger charge is -2.32. The van der Waals surface area contributed by atoms with E-state index in [1.807, 2.05) is 39.0 Å². The summed E-state index contributed by atoms with van der Waals surface area (Å²) >= 11 is 0. The maximum Gasteiger partial charge on any atom is 0.243 e. The van der Waals surface area contributed by atoms with Crippen LogP contribution in [0.3, 0.4) is 0 Å². The molecule has 2 unspecified atom stereocenters. The molecule has 2 aromatic rings. The minimum Gasteiger partial charge on any atom is -0.349 e. The van der Waals surface area contributed by atoms with E-state index in [4.69, 9.17) is 0 Å². The minimum absolute atomic E-state index is 0.0303. The van der Waals surface area contributed by atoms with Crippen molar-refractivity contribution in [3.8, 4) is 0 Å². The number of sulfonamides is 1. The molecule has 2 atom stereocenters. The second kappa shape index (κ2) is 11.1. The smallest absolute Gasteiger partial charge is 0.243 e. The molecular weight excluding hydrogens is 422 g/mol. The molecule has 0 radical (unpaired) electrons. The largest absolute Gasteiger partial charge is 0.349 e. The van der Waals surface area contributed by atoms with Crippen molar-refractivity contribution in [3.05, 3.63) is 65.7 Å². The minimum atomic E-state index is -3.48. The summed E-state index contributed by atoms with van der Waals surface area (Å²) in [5.74, 6) is 0.0346. The summed E-state index contributed by atoms with van der Waals surface area (Å²) in [5.41, 5.74) is 2.16. The lowest BCUT2D eigenvalue weighted by atomic mass is 9.96. The van der Waals surface area contributed by atoms with Crippen molar-refractivity contribution in [1.29, 1.82) is 0 Å². The first-order chi connectivity index (χ1) is 15.3. The molecule has 0 aromatic heterocycles. The molecule has 1 heterocycles. The SMILES string of the molecule is CCN(CC)S(=O)(=O)c1ccc(C(C)NC(=O)C2CCCN(Cc3ccccc3)C2)cc1. The number of rotatable bonds is 9. The lowest BCUT2D eigenvalue weighted by Crippen LogP contribution is -2.43. The van der Waals surface area contributed by atoms with Gasteiger partial charge in [-0.1, -0.05) is 56.3 Å². The number of carbonyl (C=O) groups excluding carboxylic acids is 1. The summed E-state index contributed by atoms with van der Waals surface area (Å²) in [7, 11) is -3.48. The van der Waals surface area contributed by atoms with Crippen molar-refractivity contribution in [2.24, 2.45) is 5.92 Å². The molecule has 1 fully saturated rings. The Morgan fingerprint density at radius 1 is 1.09 bits per heavy atom. The summed E-state index contributed by atoms with van der Waals surface area (Å²) in [6.07, 6.45) is 1.90. The fourth-order valence-electron chi connectivity index (χ4n) is 4.31. The first-order valence-electron chi connectivity index (χ1n) is 11.5. The van der Waals surface area contributed by atoms with E-state index in [0.717, 1.165) is 38.0 Å². The Morgan fingerprint density at radius 2 is 1.75 bits per heavy atom. The average molecular weight is 458 g/mol. The van der Waals surface area contributed by atoms with Crippen LogP contribution < -0.4 is 5.32 Å². The highest BCUT2D eigenvalue weighted by atomic mass is 32.2. The van der Waals surface area contributed by atoms with Crippen LogP contribution in [0, 0.1) is 5.92 Å². The number of amides is 1. The molecule has 1 saturated heterocycles. The molecule has 0 saturated carbocycles. The number of piperidine rings is 1. The molecule has 174 valence electrons. The normalized spacial score (nSPS) is 18.4. The topological polar surface area (TPSA) is 69.7 Å². The Balaban J connectivity index is 1.59. The van der Waals surface area contributed by atoms with E-state index < -0.39 is 10.0 Å². The standard InChI is InChI=1S/C25H35N3O3S/c1-4-28(5-2)32(30,31)24-15-13-22(14-16-24)20(3)26-25(29)23-12-9-17-27(19-23)18-21-10-7-6-8-11-21/h6-8,10-11,13-16,20,23H,4-5,9,12,17-19H2,1-3H3,(H,26,29). The van der Waals surface area contributed by atoms with Crippen LogP contribution in [0.2, 0.25) is 0 Å². The fourth-order valence-corrected chi connectivity index (χ4v) is 5.77. The van der Waals surface area contributed by atoms with Crippen LogP contribution in [0.1, 0.15) is 50.8 Å². The summed E-state index contributed by atoms with van der Waals surface area (Å²) < 4.78 is 26.8. The van der Waals surface area contributed by atoms with Gasteiger partial charge in [0.05, 0.1) is 16.9 Å². The van der Waals surface area contributed by atoms with Crippen molar-refractivity contribution < 1.29 is 13.2 Å². The Labute approximate surface area is 192 Å². The second-order valence-corrected chi connectivity index (χ2v) is 10.4. The molecule has 1 aliphatic rings. The Kier molecular flexibility index (Phi) is 8.45. The van der Waals surface area contributed by atoms with Gasteiger partial charge in [0.2, 0.25) is 15.9 Å². The predicted octanol–water partition coefficient (Wildman–Crippen LogP) is 3.81. The molecular formula is C25H35N3O3S. The van der Waals surface area contributed by atoms with Gasteiger partial charge in [-0.15, -0.1) is 0 Å². The van der Waals surface area contributed by atoms with Gasteiger partial charge in [0.25, 0.3) is 0 Å². The maximum atomic E-state index is 12.9. The van der Waals surface area contributed by atoms with Gasteiger partial charge in [0.1, 0.15) is 0 Å². The van der Waals surface area contributed by atoms with Gasteiger partial charge in [-0.2, -0.15) is 4.31 Å². The van der Waals surface area contributed by atoms with Gasteiger partial charge in [-0.05, 0) is 49.6 Å². The number of benzene rings is 2. The van der Waals surface area contributed by atoms with E-state index in [-0.39, 0.29) is 22.8 Å². The van der Waals surface area contributed by atoms with Crippen molar-refractivity contribution in [2.75, 3.05) is 26.2 Å². The number of nitrogens with zero attached hydrogens (tertiary/aromatic N) is 2. The summed E-state index contributed by atoms with van der Waals surface area (Å²) in [5, 5.41) is 3.13. The number of hydrogen-bond donors (Lipinski definition) is 1. The summed E-state index contributed by atoms with van der Waals surface area (Å²) in [6, 6.07) is 17.0. The second-order valence-electron chi connectivity index (χ2n) is 8.45. The quantitative estimate of drug-likeness (QED) is 0.622. The fraction of sp³-hybridized carbons (Fsp3) is 0.480. The molecule has 2 aromatic carbocycles. The highest BCUT2D eigenvalue weighted by molar-refractivity contribution is 7.89. The molecule has 1 aliphatic heterocycles. The van der Waals surface area contributed by atoms with Gasteiger partial charge in [-0.25, -0.2) is 8.42 Å². The van der Waals surface area contributed by atoms with Crippen LogP contribution in [0.25, 0.3) is 0 Å². The van der Waals surface area contributed by atoms with Crippen molar-refractivity contribution >= 4 is 15.9 Å². The van der Waals surface area contributed by atoms with Crippen molar-refractivity contribution in [2.45, 2.75) is 51.1 Å². The zero-order valence-corrected chi connectivity index (χ0v) is 20.1. The molecule has 3 rings (SSSR count). The van der Waals surface area contributed by atoms with Crippen LogP contribution in [-0.2, 0) is 21.4 Å². The van der Waals surface area contributed by atoms with Crippen LogP contribution in [0.4, 0.5) is 0 Å². The molecule has 0 bridgehead atoms. The predicted molar refractivity (Wildman–Crippen MR) is 128 cm³/mol. The van der Waals surface area contributed by atoms with E-state index in [1.165, 1.54) is 9.87 Å². The molecule has 7 heteroatoms. The highest BCUT2D eigenvalue weighted by Crippen LogP contribution is 2.22. The molecule has 0 aliphatic carbocycles. The van der Waals surface area contributed by atoms with Crippen LogP contribution in [0.5, 0.6) is 0 Å². The molecule has 0 spiro atoms. The van der Waals surface area contributed by atoms with Gasteiger partial charge in [0, 0.05) is 26.2 Å². The van der Waals surface area contributed by atoms with Gasteiger partial charge < -0.3 is 5.32 Å². The third-order valence-electron chi connectivity index (χ3n) is 6.21. The van der Waals surface area contributed by atoms with E-state index in [0.29, 0.717) is 13.1 Å². The number of hydrogen-bond acceptors (Lipinski definition) is 4. The number of nitrogens with one attached hydrogen (secondary N) is 1. The average Bonchev–Trinajstić information content (AvgIpc) is 2.80. The van der Waals surface area contributed by atoms with Crippen LogP contribution >= 0.6 is 0 Å². The van der Waals surface area contributed by atoms with Crippen LogP contribution in [-0.4, -0.2) is 49.7 Å². The first kappa shape index (κ1) is 24.4. The maximum absolute atomic E-state index is 12.9. The van der Waals surface area contributed by atoms with E-state index in [2.05, 4.69) is 22.3 Å². The molecule has 32 heavy (non-hydrogen) atoms. The molecule has 6 nitrogen and oxygen atoms in total. The Morgan fingerprint density at radius 3 is 2.38 bits per heavy atom. The monoisotopic (exact) mass is 457 g/mol. The zero-order valence-electron chi connectivity index (χ0n) is 19.3. The third-order valence-corrected chi connectivity index (χ3v) is 8.27. The third kappa shape index (κ3) is 5.97. The van der Waals surface area contributed by atoms with E-state index in [1.54, 1.807) is 24.3 Å². The summed E-state index contributed by atoms with van der Waals surface area (Å²) in [4.78, 5) is 15.6. The van der Waals surface area contributed by atoms with Gasteiger partial charge in [0.15, 0.2) is 0 Å². The van der Waals surface area contributed by atoms with Crippen molar-refractivity contribution in [1.82, 2.24) is 14.5 Å².